The van der Waals surface area contributed by atoms with Crippen molar-refractivity contribution < 1.29 is 4.74 Å². The smallest absolute Gasteiger partial charge is 0.122 e. The SMILES string of the molecule is CCCNC(c1cccc(C)c1)C1COc2ccccc21. The van der Waals surface area contributed by atoms with Crippen molar-refractivity contribution >= 4 is 0 Å². The van der Waals surface area contributed by atoms with Crippen LogP contribution in [0.2, 0.25) is 0 Å². The number of benzene rings is 2. The number of aryl methyl sites for hydroxylation is 1. The second-order valence-electron chi connectivity index (χ2n) is 5.80. The van der Waals surface area contributed by atoms with E-state index in [0.29, 0.717) is 12.0 Å². The summed E-state index contributed by atoms with van der Waals surface area (Å²) in [5, 5.41) is 3.72. The van der Waals surface area contributed by atoms with Crippen LogP contribution in [0.4, 0.5) is 0 Å². The Balaban J connectivity index is 1.93. The number of ether oxygens (including phenoxy) is 1. The molecule has 0 radical (unpaired) electrons. The Hall–Kier alpha value is -1.80. The van der Waals surface area contributed by atoms with E-state index >= 15 is 0 Å². The van der Waals surface area contributed by atoms with E-state index in [-0.39, 0.29) is 0 Å². The Morgan fingerprint density at radius 1 is 1.19 bits per heavy atom. The lowest BCUT2D eigenvalue weighted by Crippen LogP contribution is -2.28. The third-order valence-electron chi connectivity index (χ3n) is 4.15. The van der Waals surface area contributed by atoms with Gasteiger partial charge in [-0.2, -0.15) is 0 Å². The average molecular weight is 281 g/mol. The van der Waals surface area contributed by atoms with Crippen molar-refractivity contribution in [3.63, 3.8) is 0 Å². The van der Waals surface area contributed by atoms with Crippen LogP contribution in [0.15, 0.2) is 48.5 Å². The third-order valence-corrected chi connectivity index (χ3v) is 4.15. The average Bonchev–Trinajstić information content (AvgIpc) is 2.92. The van der Waals surface area contributed by atoms with Gasteiger partial charge < -0.3 is 10.1 Å². The summed E-state index contributed by atoms with van der Waals surface area (Å²) >= 11 is 0. The first kappa shape index (κ1) is 14.2. The second-order valence-corrected chi connectivity index (χ2v) is 5.80. The van der Waals surface area contributed by atoms with Gasteiger partial charge in [-0.3, -0.25) is 0 Å². The van der Waals surface area contributed by atoms with Crippen LogP contribution in [0, 0.1) is 6.92 Å². The summed E-state index contributed by atoms with van der Waals surface area (Å²) in [4.78, 5) is 0. The van der Waals surface area contributed by atoms with E-state index in [1.165, 1.54) is 16.7 Å². The topological polar surface area (TPSA) is 21.3 Å². The number of rotatable bonds is 5. The monoisotopic (exact) mass is 281 g/mol. The minimum absolute atomic E-state index is 0.313. The Labute approximate surface area is 127 Å². The molecule has 0 fully saturated rings. The van der Waals surface area contributed by atoms with Gasteiger partial charge in [0.2, 0.25) is 0 Å². The molecule has 110 valence electrons. The van der Waals surface area contributed by atoms with Crippen molar-refractivity contribution in [1.29, 1.82) is 0 Å². The van der Waals surface area contributed by atoms with E-state index in [1.807, 2.05) is 6.07 Å². The molecule has 1 heterocycles. The lowest BCUT2D eigenvalue weighted by Gasteiger charge is -2.25. The van der Waals surface area contributed by atoms with Crippen molar-refractivity contribution in [1.82, 2.24) is 5.32 Å². The molecule has 2 heteroatoms. The second kappa shape index (κ2) is 6.31. The van der Waals surface area contributed by atoms with Crippen LogP contribution < -0.4 is 10.1 Å². The van der Waals surface area contributed by atoms with E-state index in [2.05, 4.69) is 61.6 Å². The third kappa shape index (κ3) is 2.96. The molecule has 0 bridgehead atoms. The molecule has 0 aliphatic carbocycles. The van der Waals surface area contributed by atoms with Gasteiger partial charge in [-0.15, -0.1) is 0 Å². The number of fused-ring (bicyclic) bond motifs is 1. The first-order valence-corrected chi connectivity index (χ1v) is 7.81. The Bertz CT molecular complexity index is 608. The molecule has 0 saturated heterocycles. The van der Waals surface area contributed by atoms with Crippen molar-refractivity contribution in [3.8, 4) is 5.75 Å². The summed E-state index contributed by atoms with van der Waals surface area (Å²) in [6.07, 6.45) is 1.14. The van der Waals surface area contributed by atoms with Crippen molar-refractivity contribution in [2.75, 3.05) is 13.2 Å². The van der Waals surface area contributed by atoms with Crippen LogP contribution in [-0.2, 0) is 0 Å². The van der Waals surface area contributed by atoms with Gasteiger partial charge in [0.15, 0.2) is 0 Å². The van der Waals surface area contributed by atoms with Crippen molar-refractivity contribution in [3.05, 3.63) is 65.2 Å². The number of hydrogen-bond acceptors (Lipinski definition) is 2. The van der Waals surface area contributed by atoms with E-state index < -0.39 is 0 Å². The molecule has 2 aromatic carbocycles. The summed E-state index contributed by atoms with van der Waals surface area (Å²) in [6.45, 7) is 6.14. The fraction of sp³-hybridized carbons (Fsp3) is 0.368. The van der Waals surface area contributed by atoms with Crippen LogP contribution in [0.5, 0.6) is 5.75 Å². The molecule has 1 aliphatic rings. The maximum Gasteiger partial charge on any atom is 0.122 e. The van der Waals surface area contributed by atoms with Gasteiger partial charge in [-0.1, -0.05) is 55.0 Å². The highest BCUT2D eigenvalue weighted by Crippen LogP contribution is 2.41. The predicted octanol–water partition coefficient (Wildman–Crippen LogP) is 4.21. The van der Waals surface area contributed by atoms with Crippen LogP contribution in [0.1, 0.15) is 42.0 Å². The van der Waals surface area contributed by atoms with Gasteiger partial charge in [0, 0.05) is 17.5 Å². The zero-order chi connectivity index (χ0) is 14.7. The van der Waals surface area contributed by atoms with E-state index in [1.54, 1.807) is 0 Å². The molecule has 0 aromatic heterocycles. The summed E-state index contributed by atoms with van der Waals surface area (Å²) in [5.41, 5.74) is 3.99. The zero-order valence-electron chi connectivity index (χ0n) is 12.8. The summed E-state index contributed by atoms with van der Waals surface area (Å²) in [6, 6.07) is 17.5. The quantitative estimate of drug-likeness (QED) is 0.886. The lowest BCUT2D eigenvalue weighted by molar-refractivity contribution is 0.299. The Kier molecular flexibility index (Phi) is 4.26. The predicted molar refractivity (Wildman–Crippen MR) is 86.9 cm³/mol. The molecule has 21 heavy (non-hydrogen) atoms. The van der Waals surface area contributed by atoms with Gasteiger partial charge >= 0.3 is 0 Å². The highest BCUT2D eigenvalue weighted by atomic mass is 16.5. The summed E-state index contributed by atoms with van der Waals surface area (Å²) < 4.78 is 5.88. The van der Waals surface area contributed by atoms with E-state index in [9.17, 15) is 0 Å². The normalized spacial score (nSPS) is 18.1. The molecular weight excluding hydrogens is 258 g/mol. The molecule has 1 aliphatic heterocycles. The molecule has 0 saturated carbocycles. The Morgan fingerprint density at radius 2 is 2.05 bits per heavy atom. The first-order chi connectivity index (χ1) is 10.3. The first-order valence-electron chi connectivity index (χ1n) is 7.81. The van der Waals surface area contributed by atoms with Crippen molar-refractivity contribution in [2.45, 2.75) is 32.2 Å². The number of nitrogens with one attached hydrogen (secondary N) is 1. The molecule has 2 aromatic rings. The Morgan fingerprint density at radius 3 is 2.86 bits per heavy atom. The largest absolute Gasteiger partial charge is 0.493 e. The van der Waals surface area contributed by atoms with Gasteiger partial charge in [0.05, 0.1) is 6.61 Å². The maximum atomic E-state index is 5.88. The fourth-order valence-corrected chi connectivity index (χ4v) is 3.12. The van der Waals surface area contributed by atoms with Gasteiger partial charge in [-0.25, -0.2) is 0 Å². The highest BCUT2D eigenvalue weighted by Gasteiger charge is 2.31. The van der Waals surface area contributed by atoms with Crippen LogP contribution in [0.25, 0.3) is 0 Å². The molecule has 2 atom stereocenters. The van der Waals surface area contributed by atoms with Gasteiger partial charge in [0.25, 0.3) is 0 Å². The molecular formula is C19H23NO. The van der Waals surface area contributed by atoms with Crippen LogP contribution >= 0.6 is 0 Å². The molecule has 0 amide bonds. The van der Waals surface area contributed by atoms with Gasteiger partial charge in [0.1, 0.15) is 5.75 Å². The minimum atomic E-state index is 0.313. The maximum absolute atomic E-state index is 5.88. The highest BCUT2D eigenvalue weighted by molar-refractivity contribution is 5.42. The molecule has 2 nitrogen and oxygen atoms in total. The van der Waals surface area contributed by atoms with E-state index in [4.69, 9.17) is 4.74 Å². The fourth-order valence-electron chi connectivity index (χ4n) is 3.12. The van der Waals surface area contributed by atoms with Gasteiger partial charge in [-0.05, 0) is 31.5 Å². The molecule has 0 spiro atoms. The van der Waals surface area contributed by atoms with Crippen molar-refractivity contribution in [2.24, 2.45) is 0 Å². The van der Waals surface area contributed by atoms with E-state index in [0.717, 1.165) is 25.3 Å². The standard InChI is InChI=1S/C19H23NO/c1-3-11-20-19(15-8-6-7-14(2)12-15)17-13-21-18-10-5-4-9-16(17)18/h4-10,12,17,19-20H,3,11,13H2,1-2H3. The number of hydrogen-bond donors (Lipinski definition) is 1. The van der Waals surface area contributed by atoms with Crippen LogP contribution in [0.3, 0.4) is 0 Å². The van der Waals surface area contributed by atoms with Crippen LogP contribution in [-0.4, -0.2) is 13.2 Å². The summed E-state index contributed by atoms with van der Waals surface area (Å²) in [5.74, 6) is 1.42. The minimum Gasteiger partial charge on any atom is -0.493 e. The number of para-hydroxylation sites is 1. The molecule has 2 unspecified atom stereocenters. The molecule has 1 N–H and O–H groups in total. The summed E-state index contributed by atoms with van der Waals surface area (Å²) in [7, 11) is 0. The lowest BCUT2D eigenvalue weighted by atomic mass is 9.88. The molecule has 3 rings (SSSR count). The zero-order valence-corrected chi connectivity index (χ0v) is 12.8.